The van der Waals surface area contributed by atoms with E-state index in [9.17, 15) is 0 Å². The fourth-order valence-corrected chi connectivity index (χ4v) is 1.66. The first-order valence-electron chi connectivity index (χ1n) is 8.37. The van der Waals surface area contributed by atoms with E-state index in [-0.39, 0.29) is 0 Å². The van der Waals surface area contributed by atoms with Gasteiger partial charge in [0.15, 0.2) is 0 Å². The molecule has 128 valence electrons. The molecule has 0 heterocycles. The van der Waals surface area contributed by atoms with Crippen LogP contribution in [-0.2, 0) is 18.9 Å². The molecule has 0 fully saturated rings. The highest BCUT2D eigenvalue weighted by atomic mass is 16.6. The maximum absolute atomic E-state index is 5.82. The van der Waals surface area contributed by atoms with Gasteiger partial charge in [-0.05, 0) is 25.7 Å². The topological polar surface area (TPSA) is 62.9 Å². The summed E-state index contributed by atoms with van der Waals surface area (Å²) < 4.78 is 21.7. The van der Waals surface area contributed by atoms with Gasteiger partial charge in [0.2, 0.25) is 0 Å². The van der Waals surface area contributed by atoms with Gasteiger partial charge in [0, 0.05) is 19.3 Å². The zero-order valence-electron chi connectivity index (χ0n) is 14.0. The molecule has 0 radical (unpaired) electrons. The minimum atomic E-state index is 0.313. The lowest BCUT2D eigenvalue weighted by molar-refractivity contribution is -0.00244. The fourth-order valence-electron chi connectivity index (χ4n) is 1.66. The number of unbranched alkanes of at least 4 members (excludes halogenated alkanes) is 1. The molecule has 0 aromatic carbocycles. The van der Waals surface area contributed by atoms with Crippen molar-refractivity contribution < 1.29 is 18.9 Å². The van der Waals surface area contributed by atoms with Crippen LogP contribution in [0.5, 0.6) is 0 Å². The van der Waals surface area contributed by atoms with Gasteiger partial charge >= 0.3 is 0 Å². The van der Waals surface area contributed by atoms with Gasteiger partial charge in [-0.1, -0.05) is 20.3 Å². The van der Waals surface area contributed by atoms with Crippen molar-refractivity contribution in [3.05, 3.63) is 0 Å². The average molecular weight is 305 g/mol. The Hall–Kier alpha value is -0.200. The second-order valence-electron chi connectivity index (χ2n) is 5.11. The van der Waals surface area contributed by atoms with E-state index in [1.165, 1.54) is 6.42 Å². The molecular formula is C16H35NO4. The zero-order valence-corrected chi connectivity index (χ0v) is 14.0. The first-order chi connectivity index (χ1) is 10.3. The van der Waals surface area contributed by atoms with Gasteiger partial charge in [0.05, 0.1) is 39.6 Å². The van der Waals surface area contributed by atoms with Gasteiger partial charge in [-0.2, -0.15) is 0 Å². The number of hydrogen-bond donors (Lipinski definition) is 1. The molecule has 0 aliphatic heterocycles. The van der Waals surface area contributed by atoms with Gasteiger partial charge in [-0.25, -0.2) is 0 Å². The molecule has 0 amide bonds. The summed E-state index contributed by atoms with van der Waals surface area (Å²) in [5.74, 6) is 0. The smallest absolute Gasteiger partial charge is 0.0701 e. The lowest BCUT2D eigenvalue weighted by Crippen LogP contribution is -2.19. The number of nitrogens with two attached hydrogens (primary N) is 1. The number of hydrogen-bond acceptors (Lipinski definition) is 5. The highest BCUT2D eigenvalue weighted by Gasteiger charge is 1.98. The molecule has 0 saturated heterocycles. The summed E-state index contributed by atoms with van der Waals surface area (Å²) in [4.78, 5) is 0. The molecule has 5 heteroatoms. The van der Waals surface area contributed by atoms with Crippen LogP contribution in [0.1, 0.15) is 46.0 Å². The molecule has 1 unspecified atom stereocenters. The first kappa shape index (κ1) is 20.8. The van der Waals surface area contributed by atoms with E-state index < -0.39 is 0 Å². The standard InChI is InChI=1S/C16H35NO4/c1-3-5-8-18-10-12-20-14-15-21-13-11-19-9-6-7-16(17)4-2/h16H,3-15,17H2,1-2H3. The summed E-state index contributed by atoms with van der Waals surface area (Å²) in [5, 5.41) is 0. The largest absolute Gasteiger partial charge is 0.379 e. The Bertz CT molecular complexity index is 193. The van der Waals surface area contributed by atoms with Crippen molar-refractivity contribution >= 4 is 0 Å². The minimum Gasteiger partial charge on any atom is -0.379 e. The normalized spacial score (nSPS) is 12.7. The minimum absolute atomic E-state index is 0.313. The molecule has 0 spiro atoms. The van der Waals surface area contributed by atoms with Crippen molar-refractivity contribution in [1.82, 2.24) is 0 Å². The maximum atomic E-state index is 5.82. The third-order valence-electron chi connectivity index (χ3n) is 3.15. The van der Waals surface area contributed by atoms with Crippen LogP contribution in [0.2, 0.25) is 0 Å². The number of rotatable bonds is 17. The van der Waals surface area contributed by atoms with Gasteiger partial charge in [0.1, 0.15) is 0 Å². The van der Waals surface area contributed by atoms with E-state index >= 15 is 0 Å². The van der Waals surface area contributed by atoms with Crippen LogP contribution in [0.3, 0.4) is 0 Å². The van der Waals surface area contributed by atoms with Crippen LogP contribution in [-0.4, -0.2) is 58.9 Å². The van der Waals surface area contributed by atoms with Crippen molar-refractivity contribution in [2.24, 2.45) is 5.73 Å². The van der Waals surface area contributed by atoms with E-state index in [0.717, 1.165) is 38.9 Å². The quantitative estimate of drug-likeness (QED) is 0.418. The Morgan fingerprint density at radius 1 is 0.667 bits per heavy atom. The lowest BCUT2D eigenvalue weighted by atomic mass is 10.1. The highest BCUT2D eigenvalue weighted by Crippen LogP contribution is 1.98. The molecule has 0 bridgehead atoms. The molecule has 21 heavy (non-hydrogen) atoms. The van der Waals surface area contributed by atoms with Gasteiger partial charge < -0.3 is 24.7 Å². The summed E-state index contributed by atoms with van der Waals surface area (Å²) in [7, 11) is 0. The van der Waals surface area contributed by atoms with E-state index in [0.29, 0.717) is 45.7 Å². The van der Waals surface area contributed by atoms with E-state index in [1.54, 1.807) is 0 Å². The second kappa shape index (κ2) is 17.9. The van der Waals surface area contributed by atoms with E-state index in [2.05, 4.69) is 13.8 Å². The van der Waals surface area contributed by atoms with Crippen molar-refractivity contribution in [2.75, 3.05) is 52.9 Å². The predicted octanol–water partition coefficient (Wildman–Crippen LogP) is 2.37. The van der Waals surface area contributed by atoms with Crippen LogP contribution in [0, 0.1) is 0 Å². The molecule has 2 N–H and O–H groups in total. The van der Waals surface area contributed by atoms with E-state index in [4.69, 9.17) is 24.7 Å². The molecule has 1 atom stereocenters. The maximum Gasteiger partial charge on any atom is 0.0701 e. The summed E-state index contributed by atoms with van der Waals surface area (Å²) in [6.45, 7) is 9.66. The molecule has 0 aromatic rings. The molecule has 5 nitrogen and oxygen atoms in total. The molecule has 0 aliphatic rings. The Balaban J connectivity index is 2.96. The summed E-state index contributed by atoms with van der Waals surface area (Å²) >= 11 is 0. The summed E-state index contributed by atoms with van der Waals surface area (Å²) in [6, 6.07) is 0.313. The Labute approximate surface area is 130 Å². The molecular weight excluding hydrogens is 270 g/mol. The summed E-state index contributed by atoms with van der Waals surface area (Å²) in [5.41, 5.74) is 5.82. The van der Waals surface area contributed by atoms with Crippen molar-refractivity contribution in [2.45, 2.75) is 52.0 Å². The Morgan fingerprint density at radius 3 is 1.52 bits per heavy atom. The molecule has 0 aliphatic carbocycles. The van der Waals surface area contributed by atoms with E-state index in [1.807, 2.05) is 0 Å². The van der Waals surface area contributed by atoms with Gasteiger partial charge in [0.25, 0.3) is 0 Å². The van der Waals surface area contributed by atoms with Gasteiger partial charge in [-0.3, -0.25) is 0 Å². The van der Waals surface area contributed by atoms with Crippen LogP contribution < -0.4 is 5.73 Å². The Kier molecular flexibility index (Phi) is 17.7. The molecule has 0 saturated carbocycles. The average Bonchev–Trinajstić information content (AvgIpc) is 2.50. The second-order valence-corrected chi connectivity index (χ2v) is 5.11. The fraction of sp³-hybridized carbons (Fsp3) is 1.00. The van der Waals surface area contributed by atoms with Crippen LogP contribution in [0.15, 0.2) is 0 Å². The van der Waals surface area contributed by atoms with Gasteiger partial charge in [-0.15, -0.1) is 0 Å². The van der Waals surface area contributed by atoms with Crippen molar-refractivity contribution in [3.8, 4) is 0 Å². The van der Waals surface area contributed by atoms with Crippen LogP contribution in [0.4, 0.5) is 0 Å². The Morgan fingerprint density at radius 2 is 1.10 bits per heavy atom. The molecule has 0 aromatic heterocycles. The van der Waals surface area contributed by atoms with Crippen LogP contribution >= 0.6 is 0 Å². The SMILES string of the molecule is CCCCOCCOCCOCCOCCCC(N)CC. The first-order valence-corrected chi connectivity index (χ1v) is 8.37. The third kappa shape index (κ3) is 17.7. The molecule has 0 rings (SSSR count). The third-order valence-corrected chi connectivity index (χ3v) is 3.15. The summed E-state index contributed by atoms with van der Waals surface area (Å²) in [6.07, 6.45) is 5.38. The van der Waals surface area contributed by atoms with Crippen molar-refractivity contribution in [1.29, 1.82) is 0 Å². The monoisotopic (exact) mass is 305 g/mol. The van der Waals surface area contributed by atoms with Crippen LogP contribution in [0.25, 0.3) is 0 Å². The highest BCUT2D eigenvalue weighted by molar-refractivity contribution is 4.57. The zero-order chi connectivity index (χ0) is 15.6. The number of ether oxygens (including phenoxy) is 4. The lowest BCUT2D eigenvalue weighted by Gasteiger charge is -2.09. The predicted molar refractivity (Wildman–Crippen MR) is 85.7 cm³/mol. The van der Waals surface area contributed by atoms with Crippen molar-refractivity contribution in [3.63, 3.8) is 0 Å².